The van der Waals surface area contributed by atoms with E-state index in [4.69, 9.17) is 18.3 Å². The Morgan fingerprint density at radius 1 is 0.783 bits per heavy atom. The Bertz CT molecular complexity index is 516. The summed E-state index contributed by atoms with van der Waals surface area (Å²) in [4.78, 5) is 8.37. The molecular weight excluding hydrogens is 315 g/mol. The van der Waals surface area contributed by atoms with Crippen LogP contribution < -0.4 is 0 Å². The van der Waals surface area contributed by atoms with E-state index in [-0.39, 0.29) is 0 Å². The summed E-state index contributed by atoms with van der Waals surface area (Å²) in [7, 11) is 3.36. The molecule has 6 nitrogen and oxygen atoms in total. The molecule has 7 heteroatoms. The molecule has 0 aliphatic heterocycles. The largest absolute Gasteiger partial charge is 0.255 e. The average molecular weight is 340 g/mol. The van der Waals surface area contributed by atoms with Crippen LogP contribution in [-0.2, 0) is 18.3 Å². The average Bonchev–Trinajstić information content (AvgIpc) is 2.64. The van der Waals surface area contributed by atoms with Crippen molar-refractivity contribution in [2.24, 2.45) is 0 Å². The number of rotatable bonds is 6. The number of aromatic nitrogens is 2. The van der Waals surface area contributed by atoms with Crippen LogP contribution in [0.2, 0.25) is 0 Å². The molecule has 2 rings (SSSR count). The van der Waals surface area contributed by atoms with Gasteiger partial charge in [-0.15, -0.1) is 0 Å². The molecule has 2 aromatic rings. The maximum Gasteiger partial charge on any atom is 0.0886 e. The van der Waals surface area contributed by atoms with Gasteiger partial charge in [0, 0.05) is 12.4 Å². The third kappa shape index (κ3) is 5.61. The summed E-state index contributed by atoms with van der Waals surface area (Å²) < 4.78 is 20.6. The van der Waals surface area contributed by atoms with E-state index in [1.807, 2.05) is 36.4 Å². The number of ether oxygens (including phenoxy) is 1. The van der Waals surface area contributed by atoms with Gasteiger partial charge in [-0.3, -0.25) is 9.97 Å². The molecule has 0 bridgehead atoms. The van der Waals surface area contributed by atoms with Gasteiger partial charge >= 0.3 is 67.0 Å². The first-order valence-electron chi connectivity index (χ1n) is 7.02. The van der Waals surface area contributed by atoms with Crippen molar-refractivity contribution < 1.29 is 18.3 Å². The van der Waals surface area contributed by atoms with Crippen molar-refractivity contribution in [3.05, 3.63) is 48.8 Å². The first-order chi connectivity index (χ1) is 11.0. The van der Waals surface area contributed by atoms with Gasteiger partial charge < -0.3 is 0 Å². The zero-order chi connectivity index (χ0) is 17.2. The van der Waals surface area contributed by atoms with E-state index < -0.39 is 7.28 Å². The van der Waals surface area contributed by atoms with E-state index in [0.29, 0.717) is 6.35 Å². The fraction of sp³-hybridized carbons (Fsp3) is 0.375. The van der Waals surface area contributed by atoms with Crippen molar-refractivity contribution in [2.45, 2.75) is 0 Å². The predicted octanol–water partition coefficient (Wildman–Crippen LogP) is 3.60. The maximum atomic E-state index is 5.23. The van der Waals surface area contributed by atoms with Gasteiger partial charge in [-0.2, -0.15) is 0 Å². The second kappa shape index (κ2) is 9.01. The second-order valence-electron chi connectivity index (χ2n) is 4.87. The van der Waals surface area contributed by atoms with E-state index >= 15 is 0 Å². The van der Waals surface area contributed by atoms with Gasteiger partial charge in [0.15, 0.2) is 0 Å². The summed E-state index contributed by atoms with van der Waals surface area (Å²) in [6.07, 6.45) is 3.88. The Morgan fingerprint density at radius 3 is 1.43 bits per heavy atom. The molecule has 0 saturated heterocycles. The molecule has 0 aliphatic rings. The van der Waals surface area contributed by atoms with Crippen LogP contribution in [0.5, 0.6) is 0 Å². The predicted molar refractivity (Wildman–Crippen MR) is 93.2 cm³/mol. The van der Waals surface area contributed by atoms with E-state index in [2.05, 4.69) is 9.97 Å². The van der Waals surface area contributed by atoms with E-state index in [1.165, 1.54) is 0 Å². The van der Waals surface area contributed by atoms with Crippen LogP contribution in [-0.4, -0.2) is 51.4 Å². The Kier molecular flexibility index (Phi) is 7.68. The molecule has 2 aromatic heterocycles. The van der Waals surface area contributed by atoms with Gasteiger partial charge in [0.1, 0.15) is 0 Å². The molecule has 0 radical (unpaired) electrons. The monoisotopic (exact) mass is 340 g/mol. The third-order valence-corrected chi connectivity index (χ3v) is 6.99. The normalized spacial score (nSPS) is 12.7. The Labute approximate surface area is 138 Å². The van der Waals surface area contributed by atoms with E-state index in [1.54, 1.807) is 47.5 Å². The smallest absolute Gasteiger partial charge is 0.0886 e. The quantitative estimate of drug-likeness (QED) is 0.749. The topological polar surface area (TPSA) is 62.7 Å². The van der Waals surface area contributed by atoms with Crippen molar-refractivity contribution >= 4 is 7.28 Å². The van der Waals surface area contributed by atoms with Crippen LogP contribution in [0.15, 0.2) is 48.8 Å². The summed E-state index contributed by atoms with van der Waals surface area (Å²) in [5.41, 5.74) is 1.83. The Hall–Kier alpha value is -1.43. The number of hydrogen-bond donors (Lipinski definition) is 0. The van der Waals surface area contributed by atoms with Crippen molar-refractivity contribution in [3.63, 3.8) is 0 Å². The minimum absolute atomic E-state index is 0.342. The third-order valence-electron chi connectivity index (χ3n) is 3.39. The molecule has 0 spiro atoms. The molecule has 0 fully saturated rings. The fourth-order valence-corrected chi connectivity index (χ4v) is 3.04. The molecule has 0 saturated carbocycles. The SMILES string of the molecule is COCP(C)(OC)(OC)OC.c1ccc(-c2ccccn2)nc1. The molecule has 0 atom stereocenters. The van der Waals surface area contributed by atoms with Gasteiger partial charge in [0.2, 0.25) is 0 Å². The van der Waals surface area contributed by atoms with Crippen LogP contribution >= 0.6 is 7.28 Å². The van der Waals surface area contributed by atoms with E-state index in [0.717, 1.165) is 11.4 Å². The van der Waals surface area contributed by atoms with Crippen molar-refractivity contribution in [3.8, 4) is 11.4 Å². The molecular formula is C16H25N2O4P. The van der Waals surface area contributed by atoms with Crippen LogP contribution in [0, 0.1) is 0 Å². The summed E-state index contributed by atoms with van der Waals surface area (Å²) in [5.74, 6) is 0. The van der Waals surface area contributed by atoms with Crippen LogP contribution in [0.1, 0.15) is 0 Å². The number of hydrogen-bond acceptors (Lipinski definition) is 6. The molecule has 23 heavy (non-hydrogen) atoms. The molecule has 0 amide bonds. The summed E-state index contributed by atoms with van der Waals surface area (Å²) in [6, 6.07) is 11.6. The number of methoxy groups -OCH3 is 1. The molecule has 0 N–H and O–H groups in total. The fourth-order valence-electron chi connectivity index (χ4n) is 1.70. The van der Waals surface area contributed by atoms with Gasteiger partial charge in [-0.1, -0.05) is 12.1 Å². The van der Waals surface area contributed by atoms with Crippen LogP contribution in [0.4, 0.5) is 0 Å². The first-order valence-corrected chi connectivity index (χ1v) is 9.65. The van der Waals surface area contributed by atoms with Gasteiger partial charge in [0.05, 0.1) is 11.4 Å². The molecule has 0 aromatic carbocycles. The number of nitrogens with zero attached hydrogens (tertiary/aromatic N) is 2. The Morgan fingerprint density at radius 2 is 1.22 bits per heavy atom. The summed E-state index contributed by atoms with van der Waals surface area (Å²) in [6.45, 7) is 1.80. The van der Waals surface area contributed by atoms with Crippen molar-refractivity contribution in [2.75, 3.05) is 41.5 Å². The zero-order valence-electron chi connectivity index (χ0n) is 14.3. The van der Waals surface area contributed by atoms with Gasteiger partial charge in [0.25, 0.3) is 0 Å². The zero-order valence-corrected chi connectivity index (χ0v) is 15.2. The summed E-state index contributed by atoms with van der Waals surface area (Å²) >= 11 is 0. The molecule has 0 aliphatic carbocycles. The van der Waals surface area contributed by atoms with Crippen molar-refractivity contribution in [1.29, 1.82) is 0 Å². The minimum Gasteiger partial charge on any atom is -0.255 e. The summed E-state index contributed by atoms with van der Waals surface area (Å²) in [5, 5.41) is 0. The second-order valence-corrected chi connectivity index (χ2v) is 9.17. The maximum absolute atomic E-state index is 5.23. The van der Waals surface area contributed by atoms with E-state index in [9.17, 15) is 0 Å². The van der Waals surface area contributed by atoms with Crippen LogP contribution in [0.25, 0.3) is 11.4 Å². The first kappa shape index (κ1) is 19.6. The molecule has 2 heterocycles. The molecule has 128 valence electrons. The van der Waals surface area contributed by atoms with Gasteiger partial charge in [-0.25, -0.2) is 0 Å². The minimum atomic E-state index is -2.90. The number of pyridine rings is 2. The standard InChI is InChI=1S/C10H8N2.C6H17O4P/c1-3-7-11-9(5-1)10-6-2-4-8-12-10;1-7-6-11(5,8-2,9-3)10-4/h1-8H;6H2,1-5H3. The van der Waals surface area contributed by atoms with Gasteiger partial charge in [-0.05, 0) is 24.3 Å². The van der Waals surface area contributed by atoms with Crippen molar-refractivity contribution in [1.82, 2.24) is 9.97 Å². The van der Waals surface area contributed by atoms with Crippen LogP contribution in [0.3, 0.4) is 0 Å². The Balaban J connectivity index is 0.000000232. The molecule has 0 unspecified atom stereocenters.